The maximum absolute atomic E-state index is 13.7. The highest BCUT2D eigenvalue weighted by Crippen LogP contribution is 2.45. The number of alkyl halides is 3. The molecule has 9 heteroatoms. The number of fused-ring (bicyclic) bond motifs is 1. The largest absolute Gasteiger partial charge is 0.465 e. The van der Waals surface area contributed by atoms with E-state index in [1.54, 1.807) is 13.0 Å². The second kappa shape index (κ2) is 7.78. The topological polar surface area (TPSA) is 92.7 Å². The van der Waals surface area contributed by atoms with Crippen LogP contribution >= 0.6 is 0 Å². The second-order valence-corrected chi connectivity index (χ2v) is 6.78. The average molecular weight is 418 g/mol. The number of rotatable bonds is 3. The Balaban J connectivity index is 2.40. The number of aryl methyl sites for hydroxylation is 1. The molecule has 2 heterocycles. The highest BCUT2D eigenvalue weighted by molar-refractivity contribution is 6.04. The first-order chi connectivity index (χ1) is 14.1. The van der Waals surface area contributed by atoms with Gasteiger partial charge in [-0.05, 0) is 26.8 Å². The van der Waals surface area contributed by atoms with Crippen molar-refractivity contribution < 1.29 is 27.1 Å². The van der Waals surface area contributed by atoms with Crippen molar-refractivity contribution in [3.8, 4) is 6.07 Å². The van der Waals surface area contributed by atoms with Crippen molar-refractivity contribution in [2.24, 2.45) is 10.9 Å². The van der Waals surface area contributed by atoms with E-state index in [1.807, 2.05) is 0 Å². The molecule has 30 heavy (non-hydrogen) atoms. The summed E-state index contributed by atoms with van der Waals surface area (Å²) in [6, 6.07) is 7.20. The van der Waals surface area contributed by atoms with E-state index < -0.39 is 35.3 Å². The number of benzene rings is 1. The van der Waals surface area contributed by atoms with E-state index in [1.165, 1.54) is 38.1 Å². The van der Waals surface area contributed by atoms with Crippen molar-refractivity contribution in [3.05, 3.63) is 57.1 Å². The normalized spacial score (nSPS) is 19.4. The Kier molecular flexibility index (Phi) is 5.53. The molecule has 0 amide bonds. The van der Waals surface area contributed by atoms with Gasteiger partial charge in [0.05, 0.1) is 23.6 Å². The van der Waals surface area contributed by atoms with Gasteiger partial charge in [-0.2, -0.15) is 18.4 Å². The Labute approximate surface area is 169 Å². The number of allylic oxidation sites excluding steroid dienone is 2. The Bertz CT molecular complexity index is 1190. The van der Waals surface area contributed by atoms with Crippen LogP contribution in [0.5, 0.6) is 0 Å². The summed E-state index contributed by atoms with van der Waals surface area (Å²) in [4.78, 5) is 28.6. The molecule has 0 bridgehead atoms. The van der Waals surface area contributed by atoms with Crippen LogP contribution in [0.3, 0.4) is 0 Å². The fraction of sp³-hybridized carbons (Fsp3) is 0.333. The van der Waals surface area contributed by atoms with E-state index in [0.29, 0.717) is 0 Å². The van der Waals surface area contributed by atoms with Crippen LogP contribution in [0.4, 0.5) is 13.2 Å². The van der Waals surface area contributed by atoms with Gasteiger partial charge in [0.1, 0.15) is 17.3 Å². The van der Waals surface area contributed by atoms with Crippen LogP contribution in [0.15, 0.2) is 49.7 Å². The molecule has 2 atom stereocenters. The Morgan fingerprint density at radius 2 is 2.03 bits per heavy atom. The molecule has 0 saturated carbocycles. The van der Waals surface area contributed by atoms with Gasteiger partial charge in [-0.15, -0.1) is 0 Å². The van der Waals surface area contributed by atoms with Gasteiger partial charge in [-0.1, -0.05) is 12.1 Å². The molecule has 1 aliphatic heterocycles. The summed E-state index contributed by atoms with van der Waals surface area (Å²) < 4.78 is 51.7. The lowest BCUT2D eigenvalue weighted by Gasteiger charge is -2.31. The van der Waals surface area contributed by atoms with Gasteiger partial charge in [0, 0.05) is 23.3 Å². The lowest BCUT2D eigenvalue weighted by molar-refractivity contribution is -0.146. The van der Waals surface area contributed by atoms with Crippen LogP contribution in [0.25, 0.3) is 11.0 Å². The van der Waals surface area contributed by atoms with Crippen LogP contribution in [-0.2, 0) is 9.53 Å². The van der Waals surface area contributed by atoms with E-state index in [0.717, 1.165) is 0 Å². The Morgan fingerprint density at radius 3 is 2.63 bits per heavy atom. The highest BCUT2D eigenvalue weighted by Gasteiger charge is 2.48. The zero-order valence-corrected chi connectivity index (χ0v) is 16.3. The first-order valence-corrected chi connectivity index (χ1v) is 9.06. The number of ether oxygens (including phenoxy) is 1. The molecular weight excluding hydrogens is 401 g/mol. The van der Waals surface area contributed by atoms with Crippen molar-refractivity contribution in [2.45, 2.75) is 32.9 Å². The number of nitriles is 1. The van der Waals surface area contributed by atoms with Gasteiger partial charge in [-0.25, -0.2) is 0 Å². The molecule has 0 N–H and O–H groups in total. The summed E-state index contributed by atoms with van der Waals surface area (Å²) >= 11 is 0. The summed E-state index contributed by atoms with van der Waals surface area (Å²) in [7, 11) is 0. The molecule has 0 aliphatic carbocycles. The Morgan fingerprint density at radius 1 is 1.33 bits per heavy atom. The zero-order chi connectivity index (χ0) is 22.2. The van der Waals surface area contributed by atoms with E-state index >= 15 is 0 Å². The van der Waals surface area contributed by atoms with Crippen LogP contribution in [-0.4, -0.2) is 24.5 Å². The van der Waals surface area contributed by atoms with Crippen molar-refractivity contribution in [1.82, 2.24) is 0 Å². The van der Waals surface area contributed by atoms with Crippen LogP contribution in [0.2, 0.25) is 0 Å². The number of hydrogen-bond donors (Lipinski definition) is 0. The summed E-state index contributed by atoms with van der Waals surface area (Å²) in [5, 5.41) is 9.76. The molecule has 1 aromatic carbocycles. The van der Waals surface area contributed by atoms with Crippen LogP contribution in [0, 0.1) is 24.2 Å². The number of hydrogen-bond acceptors (Lipinski definition) is 6. The SMILES string of the molecule is CCOC(=O)C1C(C)=NC(C(F)(F)F)=C(C#N)[C@H]1c1cccc2c(=O)cc(C)oc12. The molecule has 156 valence electrons. The minimum Gasteiger partial charge on any atom is -0.465 e. The third-order valence-electron chi connectivity index (χ3n) is 4.81. The van der Waals surface area contributed by atoms with Crippen LogP contribution < -0.4 is 5.43 Å². The smallest absolute Gasteiger partial charge is 0.434 e. The molecule has 0 spiro atoms. The summed E-state index contributed by atoms with van der Waals surface area (Å²) in [6.07, 6.45) is -4.91. The van der Waals surface area contributed by atoms with Gasteiger partial charge < -0.3 is 9.15 Å². The number of nitrogens with zero attached hydrogens (tertiary/aromatic N) is 2. The fourth-order valence-electron chi connectivity index (χ4n) is 3.63. The number of halogens is 3. The standard InChI is InChI=1S/C21H17F3N2O4/c1-4-29-20(28)16-11(3)26-19(21(22,23)24)14(9-25)17(16)13-7-5-6-12-15(27)8-10(2)30-18(12)13/h5-8,16-17H,4H2,1-3H3/t16?,17-/m1/s1. The predicted molar refractivity (Wildman–Crippen MR) is 102 cm³/mol. The summed E-state index contributed by atoms with van der Waals surface area (Å²) in [5.41, 5.74) is -2.51. The minimum absolute atomic E-state index is 0.00318. The molecule has 1 unspecified atom stereocenters. The third-order valence-corrected chi connectivity index (χ3v) is 4.81. The van der Waals surface area contributed by atoms with E-state index in [4.69, 9.17) is 9.15 Å². The molecule has 6 nitrogen and oxygen atoms in total. The summed E-state index contributed by atoms with van der Waals surface area (Å²) in [5.74, 6) is -3.23. The Hall–Kier alpha value is -3.41. The first-order valence-electron chi connectivity index (χ1n) is 9.06. The lowest BCUT2D eigenvalue weighted by atomic mass is 9.75. The van der Waals surface area contributed by atoms with E-state index in [2.05, 4.69) is 4.99 Å². The number of para-hydroxylation sites is 1. The first kappa shape index (κ1) is 21.3. The average Bonchev–Trinajstić information content (AvgIpc) is 2.66. The van der Waals surface area contributed by atoms with Gasteiger partial charge in [-0.3, -0.25) is 14.6 Å². The van der Waals surface area contributed by atoms with E-state index in [-0.39, 0.29) is 40.0 Å². The van der Waals surface area contributed by atoms with E-state index in [9.17, 15) is 28.0 Å². The predicted octanol–water partition coefficient (Wildman–Crippen LogP) is 4.18. The molecule has 3 rings (SSSR count). The van der Waals surface area contributed by atoms with Gasteiger partial charge >= 0.3 is 12.1 Å². The molecule has 0 fully saturated rings. The van der Waals surface area contributed by atoms with Crippen molar-refractivity contribution in [3.63, 3.8) is 0 Å². The molecule has 2 aromatic rings. The quantitative estimate of drug-likeness (QED) is 0.698. The van der Waals surface area contributed by atoms with Gasteiger partial charge in [0.15, 0.2) is 11.1 Å². The molecule has 0 saturated heterocycles. The highest BCUT2D eigenvalue weighted by atomic mass is 19.4. The fourth-order valence-corrected chi connectivity index (χ4v) is 3.63. The third kappa shape index (κ3) is 3.61. The number of esters is 1. The van der Waals surface area contributed by atoms with Crippen molar-refractivity contribution >= 4 is 22.7 Å². The van der Waals surface area contributed by atoms with Crippen molar-refractivity contribution in [2.75, 3.05) is 6.61 Å². The minimum atomic E-state index is -4.91. The number of aliphatic imine (C=N–C) groups is 1. The maximum atomic E-state index is 13.7. The van der Waals surface area contributed by atoms with Crippen LogP contribution in [0.1, 0.15) is 31.1 Å². The molecular formula is C21H17F3N2O4. The molecule has 1 aromatic heterocycles. The summed E-state index contributed by atoms with van der Waals surface area (Å²) in [6.45, 7) is 4.36. The monoisotopic (exact) mass is 418 g/mol. The second-order valence-electron chi connectivity index (χ2n) is 6.78. The van der Waals surface area contributed by atoms with Crippen molar-refractivity contribution in [1.29, 1.82) is 5.26 Å². The van der Waals surface area contributed by atoms with Gasteiger partial charge in [0.25, 0.3) is 0 Å². The van der Waals surface area contributed by atoms with Gasteiger partial charge in [0.2, 0.25) is 0 Å². The number of carbonyl (C=O) groups is 1. The molecule has 1 aliphatic rings. The molecule has 0 radical (unpaired) electrons. The lowest BCUT2D eigenvalue weighted by Crippen LogP contribution is -2.36. The number of carbonyl (C=O) groups excluding carboxylic acids is 1. The maximum Gasteiger partial charge on any atom is 0.434 e. The zero-order valence-electron chi connectivity index (χ0n) is 16.3.